The normalized spacial score (nSPS) is 10.4. The second kappa shape index (κ2) is 6.37. The molecule has 0 saturated heterocycles. The smallest absolute Gasteiger partial charge is 0.131 e. The van der Waals surface area contributed by atoms with Gasteiger partial charge in [0, 0.05) is 12.6 Å². The van der Waals surface area contributed by atoms with Crippen molar-refractivity contribution >= 4 is 11.6 Å². The first-order valence-corrected chi connectivity index (χ1v) is 7.14. The minimum atomic E-state index is 0.523. The van der Waals surface area contributed by atoms with E-state index in [0.717, 1.165) is 23.4 Å². The lowest BCUT2D eigenvalue weighted by atomic mass is 10.1. The maximum atomic E-state index is 8.60. The van der Waals surface area contributed by atoms with Crippen LogP contribution < -0.4 is 0 Å². The zero-order valence-electron chi connectivity index (χ0n) is 11.6. The van der Waals surface area contributed by atoms with Crippen molar-refractivity contribution in [3.63, 3.8) is 0 Å². The zero-order chi connectivity index (χ0) is 15.4. The molecule has 108 valence electrons. The summed E-state index contributed by atoms with van der Waals surface area (Å²) < 4.78 is 1.69. The molecule has 0 N–H and O–H groups in total. The molecule has 3 rings (SSSR count). The quantitative estimate of drug-likeness (QED) is 0.740. The molecule has 1 aromatic carbocycles. The van der Waals surface area contributed by atoms with E-state index >= 15 is 0 Å². The molecule has 2 aromatic heterocycles. The second-order valence-electron chi connectivity index (χ2n) is 4.73. The van der Waals surface area contributed by atoms with Crippen LogP contribution in [0.15, 0.2) is 48.8 Å². The number of nitrogens with zero attached hydrogens (tertiary/aromatic N) is 5. The average Bonchev–Trinajstić information content (AvgIpc) is 3.04. The SMILES string of the molecule is N#CCCc1ccc(-n2cc(-c3ccc(Cl)cn3)nn2)cc1. The van der Waals surface area contributed by atoms with E-state index in [1.165, 1.54) is 0 Å². The molecular weight excluding hydrogens is 298 g/mol. The number of aromatic nitrogens is 4. The van der Waals surface area contributed by atoms with Gasteiger partial charge < -0.3 is 0 Å². The molecule has 0 fully saturated rings. The highest BCUT2D eigenvalue weighted by atomic mass is 35.5. The van der Waals surface area contributed by atoms with E-state index < -0.39 is 0 Å². The molecule has 3 aromatic rings. The monoisotopic (exact) mass is 309 g/mol. The van der Waals surface area contributed by atoms with Crippen LogP contribution >= 0.6 is 11.6 Å². The number of nitriles is 1. The van der Waals surface area contributed by atoms with Crippen LogP contribution in [0.25, 0.3) is 17.1 Å². The molecule has 2 heterocycles. The molecular formula is C16H12ClN5. The maximum Gasteiger partial charge on any atom is 0.131 e. The van der Waals surface area contributed by atoms with Gasteiger partial charge in [0.1, 0.15) is 5.69 Å². The van der Waals surface area contributed by atoms with Crippen molar-refractivity contribution in [2.24, 2.45) is 0 Å². The first-order chi connectivity index (χ1) is 10.8. The van der Waals surface area contributed by atoms with Crippen LogP contribution in [-0.4, -0.2) is 20.0 Å². The fourth-order valence-electron chi connectivity index (χ4n) is 2.05. The number of halogens is 1. The van der Waals surface area contributed by atoms with Gasteiger partial charge in [-0.25, -0.2) is 4.68 Å². The number of aryl methyl sites for hydroxylation is 1. The number of rotatable bonds is 4. The Labute approximate surface area is 132 Å². The predicted molar refractivity (Wildman–Crippen MR) is 83.5 cm³/mol. The Kier molecular flexibility index (Phi) is 4.12. The van der Waals surface area contributed by atoms with Gasteiger partial charge in [0.25, 0.3) is 0 Å². The Hall–Kier alpha value is -2.71. The summed E-state index contributed by atoms with van der Waals surface area (Å²) in [6.45, 7) is 0. The Morgan fingerprint density at radius 1 is 1.09 bits per heavy atom. The first kappa shape index (κ1) is 14.2. The van der Waals surface area contributed by atoms with E-state index in [9.17, 15) is 0 Å². The molecule has 5 nitrogen and oxygen atoms in total. The second-order valence-corrected chi connectivity index (χ2v) is 5.17. The molecule has 0 aliphatic carbocycles. The molecule has 0 amide bonds. The van der Waals surface area contributed by atoms with E-state index in [4.69, 9.17) is 16.9 Å². The van der Waals surface area contributed by atoms with Crippen molar-refractivity contribution in [3.8, 4) is 23.1 Å². The maximum absolute atomic E-state index is 8.60. The average molecular weight is 310 g/mol. The summed E-state index contributed by atoms with van der Waals surface area (Å²) in [5.41, 5.74) is 3.45. The largest absolute Gasteiger partial charge is 0.253 e. The lowest BCUT2D eigenvalue weighted by molar-refractivity contribution is 0.803. The molecule has 0 aliphatic rings. The van der Waals surface area contributed by atoms with Crippen LogP contribution in [0.1, 0.15) is 12.0 Å². The lowest BCUT2D eigenvalue weighted by Gasteiger charge is -2.01. The molecule has 0 aliphatic heterocycles. The fourth-order valence-corrected chi connectivity index (χ4v) is 2.16. The third-order valence-electron chi connectivity index (χ3n) is 3.21. The summed E-state index contributed by atoms with van der Waals surface area (Å²) in [6, 6.07) is 13.6. The summed E-state index contributed by atoms with van der Waals surface area (Å²) in [4.78, 5) is 4.22. The van der Waals surface area contributed by atoms with Gasteiger partial charge in [0.2, 0.25) is 0 Å². The highest BCUT2D eigenvalue weighted by molar-refractivity contribution is 6.30. The third-order valence-corrected chi connectivity index (χ3v) is 3.43. The summed E-state index contributed by atoms with van der Waals surface area (Å²) in [5.74, 6) is 0. The molecule has 0 saturated carbocycles. The van der Waals surface area contributed by atoms with Gasteiger partial charge in [0.05, 0.1) is 28.7 Å². The van der Waals surface area contributed by atoms with Crippen molar-refractivity contribution < 1.29 is 0 Å². The Morgan fingerprint density at radius 2 is 1.91 bits per heavy atom. The molecule has 0 radical (unpaired) electrons. The molecule has 6 heteroatoms. The minimum absolute atomic E-state index is 0.523. The van der Waals surface area contributed by atoms with Gasteiger partial charge in [-0.3, -0.25) is 4.98 Å². The molecule has 0 unspecified atom stereocenters. The van der Waals surface area contributed by atoms with E-state index in [-0.39, 0.29) is 0 Å². The van der Waals surface area contributed by atoms with Crippen molar-refractivity contribution in [3.05, 3.63) is 59.4 Å². The number of pyridine rings is 1. The predicted octanol–water partition coefficient (Wildman–Crippen LogP) is 3.44. The van der Waals surface area contributed by atoms with Crippen LogP contribution in [-0.2, 0) is 6.42 Å². The van der Waals surface area contributed by atoms with Crippen molar-refractivity contribution in [1.82, 2.24) is 20.0 Å². The Balaban J connectivity index is 1.81. The summed E-state index contributed by atoms with van der Waals surface area (Å²) in [6.07, 6.45) is 4.68. The van der Waals surface area contributed by atoms with Gasteiger partial charge in [-0.1, -0.05) is 28.9 Å². The number of hydrogen-bond acceptors (Lipinski definition) is 4. The number of hydrogen-bond donors (Lipinski definition) is 0. The van der Waals surface area contributed by atoms with Gasteiger partial charge in [0.15, 0.2) is 0 Å². The van der Waals surface area contributed by atoms with Gasteiger partial charge in [-0.15, -0.1) is 5.10 Å². The van der Waals surface area contributed by atoms with Crippen molar-refractivity contribution in [2.75, 3.05) is 0 Å². The Bertz CT molecular complexity index is 800. The summed E-state index contributed by atoms with van der Waals surface area (Å²) in [5, 5.41) is 17.4. The topological polar surface area (TPSA) is 67.4 Å². The minimum Gasteiger partial charge on any atom is -0.253 e. The molecule has 0 spiro atoms. The standard InChI is InChI=1S/C16H12ClN5/c17-13-5-8-15(19-10-13)16-11-22(21-20-16)14-6-3-12(4-7-14)2-1-9-18/h3-8,10-11H,1-2H2. The summed E-state index contributed by atoms with van der Waals surface area (Å²) >= 11 is 5.83. The van der Waals surface area contributed by atoms with Crippen molar-refractivity contribution in [1.29, 1.82) is 5.26 Å². The first-order valence-electron chi connectivity index (χ1n) is 6.77. The lowest BCUT2D eigenvalue weighted by Crippen LogP contribution is -1.95. The molecule has 22 heavy (non-hydrogen) atoms. The van der Waals surface area contributed by atoms with Gasteiger partial charge in [-0.05, 0) is 36.2 Å². The zero-order valence-corrected chi connectivity index (χ0v) is 12.4. The van der Waals surface area contributed by atoms with Crippen molar-refractivity contribution in [2.45, 2.75) is 12.8 Å². The molecule has 0 bridgehead atoms. The van der Waals surface area contributed by atoms with Crippen LogP contribution in [0.5, 0.6) is 0 Å². The summed E-state index contributed by atoms with van der Waals surface area (Å²) in [7, 11) is 0. The van der Waals surface area contributed by atoms with E-state index in [1.54, 1.807) is 16.9 Å². The third kappa shape index (κ3) is 3.13. The van der Waals surface area contributed by atoms with Crippen LogP contribution in [0.4, 0.5) is 0 Å². The molecule has 0 atom stereocenters. The van der Waals surface area contributed by atoms with E-state index in [0.29, 0.717) is 17.1 Å². The Morgan fingerprint density at radius 3 is 2.59 bits per heavy atom. The highest BCUT2D eigenvalue weighted by Crippen LogP contribution is 2.17. The van der Waals surface area contributed by atoms with E-state index in [2.05, 4.69) is 21.4 Å². The fraction of sp³-hybridized carbons (Fsp3) is 0.125. The number of benzene rings is 1. The van der Waals surface area contributed by atoms with Crippen LogP contribution in [0, 0.1) is 11.3 Å². The van der Waals surface area contributed by atoms with Crippen LogP contribution in [0.3, 0.4) is 0 Å². The highest BCUT2D eigenvalue weighted by Gasteiger charge is 2.06. The van der Waals surface area contributed by atoms with Crippen LogP contribution in [0.2, 0.25) is 5.02 Å². The van der Waals surface area contributed by atoms with Gasteiger partial charge >= 0.3 is 0 Å². The van der Waals surface area contributed by atoms with E-state index in [1.807, 2.05) is 36.5 Å². The van der Waals surface area contributed by atoms with Gasteiger partial charge in [-0.2, -0.15) is 5.26 Å².